The highest BCUT2D eigenvalue weighted by molar-refractivity contribution is 5.69. The first kappa shape index (κ1) is 11.8. The number of ether oxygens (including phenoxy) is 2. The van der Waals surface area contributed by atoms with Crippen LogP contribution in [-0.4, -0.2) is 55.0 Å². The fourth-order valence-corrected chi connectivity index (χ4v) is 1.45. The Labute approximate surface area is 87.8 Å². The molecular formula is C9H15NO5. The lowest BCUT2D eigenvalue weighted by Gasteiger charge is -2.30. The van der Waals surface area contributed by atoms with E-state index in [4.69, 9.17) is 9.84 Å². The van der Waals surface area contributed by atoms with Gasteiger partial charge >= 0.3 is 12.1 Å². The van der Waals surface area contributed by atoms with E-state index >= 15 is 0 Å². The van der Waals surface area contributed by atoms with Gasteiger partial charge in [0.05, 0.1) is 26.4 Å². The van der Waals surface area contributed by atoms with Crippen LogP contribution in [0.25, 0.3) is 0 Å². The fraction of sp³-hybridized carbons (Fsp3) is 0.778. The molecule has 1 heterocycles. The SMILES string of the molecule is COC(=O)CC[C@H]1CN(C(=O)O)CCO1. The number of methoxy groups -OCH3 is 1. The summed E-state index contributed by atoms with van der Waals surface area (Å²) in [5, 5.41) is 8.76. The molecule has 0 aromatic rings. The molecule has 0 radical (unpaired) electrons. The lowest BCUT2D eigenvalue weighted by Crippen LogP contribution is -2.45. The molecule has 0 unspecified atom stereocenters. The van der Waals surface area contributed by atoms with Gasteiger partial charge in [-0.15, -0.1) is 0 Å². The summed E-state index contributed by atoms with van der Waals surface area (Å²) in [6.07, 6.45) is -0.388. The second-order valence-corrected chi connectivity index (χ2v) is 3.34. The van der Waals surface area contributed by atoms with Crippen molar-refractivity contribution >= 4 is 12.1 Å². The first-order chi connectivity index (χ1) is 7.13. The highest BCUT2D eigenvalue weighted by atomic mass is 16.5. The van der Waals surface area contributed by atoms with E-state index in [2.05, 4.69) is 4.74 Å². The zero-order valence-electron chi connectivity index (χ0n) is 8.64. The summed E-state index contributed by atoms with van der Waals surface area (Å²) in [4.78, 5) is 22.8. The average molecular weight is 217 g/mol. The predicted octanol–water partition coefficient (Wildman–Crippen LogP) is 0.318. The minimum Gasteiger partial charge on any atom is -0.469 e. The van der Waals surface area contributed by atoms with Gasteiger partial charge < -0.3 is 19.5 Å². The Kier molecular flexibility index (Phi) is 4.36. The van der Waals surface area contributed by atoms with Crippen LogP contribution in [0.4, 0.5) is 4.79 Å². The van der Waals surface area contributed by atoms with Gasteiger partial charge in [-0.25, -0.2) is 4.79 Å². The van der Waals surface area contributed by atoms with Crippen LogP contribution in [0.1, 0.15) is 12.8 Å². The minimum absolute atomic E-state index is 0.200. The Morgan fingerprint density at radius 3 is 2.93 bits per heavy atom. The topological polar surface area (TPSA) is 76.1 Å². The number of hydrogen-bond acceptors (Lipinski definition) is 4. The number of esters is 1. The van der Waals surface area contributed by atoms with Crippen LogP contribution in [-0.2, 0) is 14.3 Å². The largest absolute Gasteiger partial charge is 0.469 e. The predicted molar refractivity (Wildman–Crippen MR) is 50.6 cm³/mol. The average Bonchev–Trinajstić information content (AvgIpc) is 2.26. The third kappa shape index (κ3) is 3.75. The molecule has 0 bridgehead atoms. The molecule has 6 heteroatoms. The molecule has 15 heavy (non-hydrogen) atoms. The molecule has 86 valence electrons. The van der Waals surface area contributed by atoms with E-state index in [1.165, 1.54) is 12.0 Å². The quantitative estimate of drug-likeness (QED) is 0.689. The summed E-state index contributed by atoms with van der Waals surface area (Å²) < 4.78 is 9.83. The van der Waals surface area contributed by atoms with Crippen molar-refractivity contribution in [2.45, 2.75) is 18.9 Å². The molecule has 0 spiro atoms. The van der Waals surface area contributed by atoms with Crippen LogP contribution in [0.5, 0.6) is 0 Å². The molecule has 0 aliphatic carbocycles. The molecule has 1 aliphatic heterocycles. The Bertz CT molecular complexity index is 243. The molecule has 0 aromatic carbocycles. The van der Waals surface area contributed by atoms with Crippen molar-refractivity contribution in [3.05, 3.63) is 0 Å². The Morgan fingerprint density at radius 1 is 1.60 bits per heavy atom. The van der Waals surface area contributed by atoms with E-state index in [-0.39, 0.29) is 18.5 Å². The van der Waals surface area contributed by atoms with Gasteiger partial charge in [-0.3, -0.25) is 4.79 Å². The van der Waals surface area contributed by atoms with Crippen molar-refractivity contribution in [3.63, 3.8) is 0 Å². The van der Waals surface area contributed by atoms with Gasteiger partial charge in [-0.1, -0.05) is 0 Å². The Balaban J connectivity index is 2.30. The smallest absolute Gasteiger partial charge is 0.407 e. The van der Waals surface area contributed by atoms with Gasteiger partial charge in [0.15, 0.2) is 0 Å². The third-order valence-corrected chi connectivity index (χ3v) is 2.31. The fourth-order valence-electron chi connectivity index (χ4n) is 1.45. The van der Waals surface area contributed by atoms with Crippen LogP contribution in [0.3, 0.4) is 0 Å². The third-order valence-electron chi connectivity index (χ3n) is 2.31. The van der Waals surface area contributed by atoms with Crippen molar-refractivity contribution in [3.8, 4) is 0 Å². The van der Waals surface area contributed by atoms with Crippen molar-refractivity contribution in [2.75, 3.05) is 26.8 Å². The molecule has 0 aromatic heterocycles. The van der Waals surface area contributed by atoms with Gasteiger partial charge in [-0.2, -0.15) is 0 Å². The van der Waals surface area contributed by atoms with E-state index in [1.807, 2.05) is 0 Å². The monoisotopic (exact) mass is 217 g/mol. The van der Waals surface area contributed by atoms with Crippen LogP contribution in [0, 0.1) is 0 Å². The van der Waals surface area contributed by atoms with Crippen LogP contribution in [0.2, 0.25) is 0 Å². The number of rotatable bonds is 3. The zero-order valence-corrected chi connectivity index (χ0v) is 8.64. The van der Waals surface area contributed by atoms with Gasteiger partial charge in [0.1, 0.15) is 0 Å². The molecule has 6 nitrogen and oxygen atoms in total. The normalized spacial score (nSPS) is 21.1. The number of nitrogens with zero attached hydrogens (tertiary/aromatic N) is 1. The van der Waals surface area contributed by atoms with Gasteiger partial charge in [0.2, 0.25) is 0 Å². The van der Waals surface area contributed by atoms with Crippen molar-refractivity contribution < 1.29 is 24.2 Å². The van der Waals surface area contributed by atoms with Crippen LogP contribution in [0.15, 0.2) is 0 Å². The highest BCUT2D eigenvalue weighted by Crippen LogP contribution is 2.11. The van der Waals surface area contributed by atoms with E-state index in [1.54, 1.807) is 0 Å². The standard InChI is InChI=1S/C9H15NO5/c1-14-8(11)3-2-7-6-10(9(12)13)4-5-15-7/h7H,2-6H2,1H3,(H,12,13)/t7-/m0/s1. The second-order valence-electron chi connectivity index (χ2n) is 3.34. The summed E-state index contributed by atoms with van der Waals surface area (Å²) in [5.74, 6) is -0.300. The van der Waals surface area contributed by atoms with Gasteiger partial charge in [-0.05, 0) is 6.42 Å². The van der Waals surface area contributed by atoms with Gasteiger partial charge in [0, 0.05) is 13.0 Å². The summed E-state index contributed by atoms with van der Waals surface area (Å²) in [7, 11) is 1.33. The maximum absolute atomic E-state index is 10.9. The van der Waals surface area contributed by atoms with E-state index in [0.29, 0.717) is 26.1 Å². The van der Waals surface area contributed by atoms with E-state index in [9.17, 15) is 9.59 Å². The number of carbonyl (C=O) groups excluding carboxylic acids is 1. The molecule has 1 amide bonds. The summed E-state index contributed by atoms with van der Waals surface area (Å²) in [5.41, 5.74) is 0. The number of amides is 1. The number of hydrogen-bond donors (Lipinski definition) is 1. The molecule has 1 saturated heterocycles. The zero-order chi connectivity index (χ0) is 11.3. The maximum atomic E-state index is 10.9. The molecule has 1 atom stereocenters. The molecule has 1 N–H and O–H groups in total. The number of carboxylic acid groups (broad SMARTS) is 1. The first-order valence-electron chi connectivity index (χ1n) is 4.79. The number of carbonyl (C=O) groups is 2. The van der Waals surface area contributed by atoms with E-state index in [0.717, 1.165) is 0 Å². The number of morpholine rings is 1. The Hall–Kier alpha value is -1.30. The molecular weight excluding hydrogens is 202 g/mol. The summed E-state index contributed by atoms with van der Waals surface area (Å²) in [6, 6.07) is 0. The second kappa shape index (κ2) is 5.55. The van der Waals surface area contributed by atoms with Crippen LogP contribution >= 0.6 is 0 Å². The minimum atomic E-state index is -0.943. The van der Waals surface area contributed by atoms with Crippen molar-refractivity contribution in [2.24, 2.45) is 0 Å². The van der Waals surface area contributed by atoms with Crippen LogP contribution < -0.4 is 0 Å². The van der Waals surface area contributed by atoms with Gasteiger partial charge in [0.25, 0.3) is 0 Å². The first-order valence-corrected chi connectivity index (χ1v) is 4.79. The summed E-state index contributed by atoms with van der Waals surface area (Å²) in [6.45, 7) is 1.11. The van der Waals surface area contributed by atoms with Crippen molar-refractivity contribution in [1.29, 1.82) is 0 Å². The molecule has 1 aliphatic rings. The maximum Gasteiger partial charge on any atom is 0.407 e. The molecule has 1 fully saturated rings. The summed E-state index contributed by atoms with van der Waals surface area (Å²) >= 11 is 0. The lowest BCUT2D eigenvalue weighted by atomic mass is 10.1. The highest BCUT2D eigenvalue weighted by Gasteiger charge is 2.24. The molecule has 1 rings (SSSR count). The lowest BCUT2D eigenvalue weighted by molar-refractivity contribution is -0.141. The molecule has 0 saturated carbocycles. The Morgan fingerprint density at radius 2 is 2.33 bits per heavy atom. The van der Waals surface area contributed by atoms with E-state index < -0.39 is 6.09 Å². The van der Waals surface area contributed by atoms with Crippen molar-refractivity contribution in [1.82, 2.24) is 4.90 Å².